The van der Waals surface area contributed by atoms with Crippen molar-refractivity contribution in [2.75, 3.05) is 52.3 Å². The molecule has 12 nitrogen and oxygen atoms in total. The normalized spacial score (nSPS) is 12.4. The van der Waals surface area contributed by atoms with Crippen molar-refractivity contribution in [3.63, 3.8) is 0 Å². The van der Waals surface area contributed by atoms with Gasteiger partial charge in [-0.05, 0) is 31.4 Å². The summed E-state index contributed by atoms with van der Waals surface area (Å²) in [7, 11) is 1.35. The smallest absolute Gasteiger partial charge is 0.407 e. The Balaban J connectivity index is 1.88. The predicted molar refractivity (Wildman–Crippen MR) is 151 cm³/mol. The molecule has 2 aromatic rings. The minimum Gasteiger partial charge on any atom is -0.466 e. The molecule has 1 atom stereocenters. The summed E-state index contributed by atoms with van der Waals surface area (Å²) in [6.45, 7) is 4.31. The van der Waals surface area contributed by atoms with E-state index in [2.05, 4.69) is 26.9 Å². The van der Waals surface area contributed by atoms with Gasteiger partial charge in [-0.25, -0.2) is 22.7 Å². The Morgan fingerprint density at radius 1 is 1.13 bits per heavy atom. The molecule has 39 heavy (non-hydrogen) atoms. The highest BCUT2D eigenvalue weighted by molar-refractivity contribution is 7.89. The molecule has 0 aliphatic heterocycles. The molecule has 6 N–H and O–H groups in total. The van der Waals surface area contributed by atoms with E-state index in [0.29, 0.717) is 31.2 Å². The maximum absolute atomic E-state index is 13.1. The summed E-state index contributed by atoms with van der Waals surface area (Å²) in [6.07, 6.45) is 2.27. The number of nitrogens with zero attached hydrogens (tertiary/aromatic N) is 1. The minimum atomic E-state index is -3.75. The van der Waals surface area contributed by atoms with E-state index >= 15 is 0 Å². The zero-order chi connectivity index (χ0) is 28.8. The fourth-order valence-electron chi connectivity index (χ4n) is 3.82. The average Bonchev–Trinajstić information content (AvgIpc) is 2.92. The highest BCUT2D eigenvalue weighted by Crippen LogP contribution is 2.30. The number of unbranched alkanes of at least 4 members (excludes halogenated alkanes) is 1. The van der Waals surface area contributed by atoms with Gasteiger partial charge in [0, 0.05) is 37.1 Å². The highest BCUT2D eigenvalue weighted by atomic mass is 32.2. The number of benzene rings is 2. The molecule has 0 aliphatic carbocycles. The van der Waals surface area contributed by atoms with Gasteiger partial charge in [0.2, 0.25) is 10.0 Å². The largest absolute Gasteiger partial charge is 0.466 e. The molecule has 2 aromatic carbocycles. The molecule has 0 heterocycles. The third-order valence-corrected chi connectivity index (χ3v) is 7.22. The number of fused-ring (bicyclic) bond motifs is 1. The Hall–Kier alpha value is -3.84. The molecule has 0 aromatic heterocycles. The van der Waals surface area contributed by atoms with Gasteiger partial charge in [-0.2, -0.15) is 0 Å². The van der Waals surface area contributed by atoms with Gasteiger partial charge in [0.15, 0.2) is 6.04 Å². The van der Waals surface area contributed by atoms with Gasteiger partial charge in [0.05, 0.1) is 25.1 Å². The summed E-state index contributed by atoms with van der Waals surface area (Å²) < 4.78 is 38.4. The first-order valence-electron chi connectivity index (χ1n) is 12.5. The molecule has 0 saturated heterocycles. The number of amides is 1. The topological polar surface area (TPSA) is 166 Å². The summed E-state index contributed by atoms with van der Waals surface area (Å²) >= 11 is 0. The number of carbonyl (C=O) groups is 2. The Morgan fingerprint density at radius 3 is 2.54 bits per heavy atom. The number of hydrogen-bond acceptors (Lipinski definition) is 7. The van der Waals surface area contributed by atoms with Crippen molar-refractivity contribution in [1.29, 1.82) is 0 Å². The summed E-state index contributed by atoms with van der Waals surface area (Å²) in [5.41, 5.74) is 6.85. The van der Waals surface area contributed by atoms with Crippen LogP contribution in [-0.2, 0) is 24.3 Å². The monoisotopic (exact) mass is 563 g/mol. The molecule has 0 unspecified atom stereocenters. The summed E-state index contributed by atoms with van der Waals surface area (Å²) in [5.74, 6) is -0.362. The lowest BCUT2D eigenvalue weighted by Gasteiger charge is -2.17. The second-order valence-electron chi connectivity index (χ2n) is 8.79. The number of alkyl carbamates (subject to hydrolysis) is 1. The van der Waals surface area contributed by atoms with Gasteiger partial charge < -0.3 is 19.7 Å². The number of anilines is 1. The third kappa shape index (κ3) is 9.76. The number of ether oxygens (including phenoxy) is 2. The SMILES string of the molecule is C=CCOC(=O)NCC[NH+]=C(N)N[C@@H](CCCCNS(=O)(=O)c1cccc2c(N(C)C)cccc12)C(=O)OC. The second kappa shape index (κ2) is 15.5. The molecular formula is C26H39N6O6S+. The van der Waals surface area contributed by atoms with Crippen LogP contribution in [0.5, 0.6) is 0 Å². The van der Waals surface area contributed by atoms with E-state index in [1.165, 1.54) is 13.2 Å². The molecule has 0 fully saturated rings. The first-order valence-corrected chi connectivity index (χ1v) is 14.0. The lowest BCUT2D eigenvalue weighted by molar-refractivity contribution is -0.458. The van der Waals surface area contributed by atoms with Crippen LogP contribution in [0, 0.1) is 0 Å². The van der Waals surface area contributed by atoms with Gasteiger partial charge in [-0.15, -0.1) is 0 Å². The van der Waals surface area contributed by atoms with E-state index in [0.717, 1.165) is 11.1 Å². The van der Waals surface area contributed by atoms with Gasteiger partial charge in [-0.1, -0.05) is 36.9 Å². The molecule has 13 heteroatoms. The Kier molecular flexibility index (Phi) is 12.5. The van der Waals surface area contributed by atoms with Crippen molar-refractivity contribution in [1.82, 2.24) is 15.4 Å². The van der Waals surface area contributed by atoms with E-state index in [-0.39, 0.29) is 30.6 Å². The van der Waals surface area contributed by atoms with E-state index in [1.807, 2.05) is 37.2 Å². The maximum Gasteiger partial charge on any atom is 0.407 e. The first-order chi connectivity index (χ1) is 18.6. The van der Waals surface area contributed by atoms with Crippen LogP contribution in [0.3, 0.4) is 0 Å². The number of nitrogens with one attached hydrogen (secondary N) is 4. The van der Waals surface area contributed by atoms with Crippen LogP contribution in [0.4, 0.5) is 10.5 Å². The van der Waals surface area contributed by atoms with Crippen LogP contribution >= 0.6 is 0 Å². The van der Waals surface area contributed by atoms with Crippen molar-refractivity contribution >= 4 is 44.5 Å². The molecular weight excluding hydrogens is 524 g/mol. The van der Waals surface area contributed by atoms with Crippen LogP contribution in [0.1, 0.15) is 19.3 Å². The number of sulfonamides is 1. The van der Waals surface area contributed by atoms with Crippen LogP contribution < -0.4 is 31.0 Å². The lowest BCUT2D eigenvalue weighted by atomic mass is 10.1. The van der Waals surface area contributed by atoms with Crippen LogP contribution in [0.15, 0.2) is 53.9 Å². The summed E-state index contributed by atoms with van der Waals surface area (Å²) in [6, 6.07) is 10.1. The molecule has 214 valence electrons. The predicted octanol–water partition coefficient (Wildman–Crippen LogP) is -0.207. The van der Waals surface area contributed by atoms with Crippen molar-refractivity contribution in [2.45, 2.75) is 30.2 Å². The fourth-order valence-corrected chi connectivity index (χ4v) is 5.12. The molecule has 2 rings (SSSR count). The summed E-state index contributed by atoms with van der Waals surface area (Å²) in [4.78, 5) is 28.6. The number of carbonyl (C=O) groups excluding carboxylic acids is 2. The maximum atomic E-state index is 13.1. The number of rotatable bonds is 15. The number of methoxy groups -OCH3 is 1. The van der Waals surface area contributed by atoms with Crippen molar-refractivity contribution in [3.8, 4) is 0 Å². The molecule has 0 spiro atoms. The minimum absolute atomic E-state index is 0.109. The van der Waals surface area contributed by atoms with E-state index in [9.17, 15) is 18.0 Å². The molecule has 0 saturated carbocycles. The van der Waals surface area contributed by atoms with Crippen molar-refractivity contribution < 1.29 is 32.5 Å². The number of nitrogens with two attached hydrogens (primary N) is 1. The molecule has 0 aliphatic rings. The number of esters is 1. The zero-order valence-corrected chi connectivity index (χ0v) is 23.5. The van der Waals surface area contributed by atoms with Gasteiger partial charge in [0.1, 0.15) is 6.61 Å². The Morgan fingerprint density at radius 2 is 1.85 bits per heavy atom. The molecule has 0 bridgehead atoms. The van der Waals surface area contributed by atoms with Gasteiger partial charge in [-0.3, -0.25) is 16.0 Å². The van der Waals surface area contributed by atoms with Crippen molar-refractivity contribution in [2.24, 2.45) is 5.73 Å². The third-order valence-electron chi connectivity index (χ3n) is 5.70. The highest BCUT2D eigenvalue weighted by Gasteiger charge is 2.23. The number of guanidine groups is 1. The standard InChI is InChI=1S/C26H38N6O6S/c1-5-18-38-26(34)29-17-16-28-25(27)31-21(24(33)37-4)12-6-7-15-30-39(35,36)23-14-9-10-19-20(23)11-8-13-22(19)32(2)3/h5,8-11,13-14,21,30H,1,6-7,12,15-18H2,2-4H3,(H,29,34)(H3,27,28,31)/p+1/t21-/m0/s1. The fraction of sp³-hybridized carbons (Fsp3) is 0.423. The van der Waals surface area contributed by atoms with Crippen LogP contribution in [-0.4, -0.2) is 79.9 Å². The van der Waals surface area contributed by atoms with E-state index < -0.39 is 28.1 Å². The lowest BCUT2D eigenvalue weighted by Crippen LogP contribution is -2.81. The van der Waals surface area contributed by atoms with Crippen LogP contribution in [0.2, 0.25) is 0 Å². The number of hydrogen-bond donors (Lipinski definition) is 5. The zero-order valence-electron chi connectivity index (χ0n) is 22.7. The van der Waals surface area contributed by atoms with Gasteiger partial charge >= 0.3 is 18.0 Å². The van der Waals surface area contributed by atoms with E-state index in [4.69, 9.17) is 15.2 Å². The second-order valence-corrected chi connectivity index (χ2v) is 10.5. The molecule has 1 amide bonds. The van der Waals surface area contributed by atoms with Gasteiger partial charge in [0.25, 0.3) is 0 Å². The first kappa shape index (κ1) is 31.4. The molecule has 0 radical (unpaired) electrons. The summed E-state index contributed by atoms with van der Waals surface area (Å²) in [5, 5.41) is 6.90. The van der Waals surface area contributed by atoms with E-state index in [1.54, 1.807) is 18.2 Å². The quantitative estimate of drug-likeness (QED) is 0.0648. The Labute approximate surface area is 229 Å². The Bertz CT molecular complexity index is 1260. The van der Waals surface area contributed by atoms with Crippen LogP contribution in [0.25, 0.3) is 10.8 Å². The van der Waals surface area contributed by atoms with Crippen molar-refractivity contribution in [3.05, 3.63) is 49.1 Å². The average molecular weight is 564 g/mol.